The maximum Gasteiger partial charge on any atom is 0.324 e. The van der Waals surface area contributed by atoms with Gasteiger partial charge in [-0.2, -0.15) is 9.78 Å². The smallest absolute Gasteiger partial charge is 0.308 e. The minimum Gasteiger partial charge on any atom is -0.308 e. The van der Waals surface area contributed by atoms with Crippen LogP contribution in [0.5, 0.6) is 0 Å². The number of H-pyrrole nitrogens is 1. The Morgan fingerprint density at radius 3 is 2.16 bits per heavy atom. The Labute approximate surface area is 182 Å². The highest BCUT2D eigenvalue weighted by atomic mass is 16.2. The van der Waals surface area contributed by atoms with Crippen molar-refractivity contribution in [2.24, 2.45) is 0 Å². The lowest BCUT2D eigenvalue weighted by Crippen LogP contribution is -2.23. The molecule has 1 aromatic carbocycles. The van der Waals surface area contributed by atoms with Gasteiger partial charge in [0.1, 0.15) is 5.82 Å². The maximum absolute atomic E-state index is 12.7. The van der Waals surface area contributed by atoms with Gasteiger partial charge in [0.25, 0.3) is 5.56 Å². The van der Waals surface area contributed by atoms with Gasteiger partial charge in [-0.25, -0.2) is 9.78 Å². The average molecular weight is 423 g/mol. The third kappa shape index (κ3) is 5.39. The van der Waals surface area contributed by atoms with Crippen LogP contribution in [0.15, 0.2) is 41.2 Å². The lowest BCUT2D eigenvalue weighted by molar-refractivity contribution is 0.262. The number of aromatic amines is 1. The monoisotopic (exact) mass is 422 g/mol. The number of anilines is 2. The number of benzene rings is 1. The van der Waals surface area contributed by atoms with Crippen molar-refractivity contribution in [3.63, 3.8) is 0 Å². The summed E-state index contributed by atoms with van der Waals surface area (Å²) in [5, 5.41) is 10.2. The second kappa shape index (κ2) is 8.02. The van der Waals surface area contributed by atoms with Gasteiger partial charge in [-0.3, -0.25) is 15.1 Å². The second-order valence-electron chi connectivity index (χ2n) is 9.69. The summed E-state index contributed by atoms with van der Waals surface area (Å²) in [4.78, 5) is 31.6. The van der Waals surface area contributed by atoms with Crippen molar-refractivity contribution in [3.05, 3.63) is 63.7 Å². The molecule has 31 heavy (non-hydrogen) atoms. The molecule has 0 radical (unpaired) electrons. The number of hydrogen-bond acceptors (Lipinski definition) is 4. The first-order chi connectivity index (χ1) is 14.3. The zero-order valence-corrected chi connectivity index (χ0v) is 19.1. The molecule has 2 amide bonds. The largest absolute Gasteiger partial charge is 0.324 e. The van der Waals surface area contributed by atoms with Crippen molar-refractivity contribution >= 4 is 17.5 Å². The molecule has 8 heteroatoms. The molecule has 2 heterocycles. The van der Waals surface area contributed by atoms with E-state index in [1.165, 1.54) is 16.3 Å². The van der Waals surface area contributed by atoms with Crippen LogP contribution in [0.4, 0.5) is 16.3 Å². The molecular formula is C23H30N6O2. The average Bonchev–Trinajstić information content (AvgIpc) is 3.04. The van der Waals surface area contributed by atoms with Crippen LogP contribution in [0.25, 0.3) is 5.95 Å². The van der Waals surface area contributed by atoms with Crippen molar-refractivity contribution < 1.29 is 4.79 Å². The van der Waals surface area contributed by atoms with Crippen molar-refractivity contribution in [3.8, 4) is 5.95 Å². The molecule has 164 valence electrons. The van der Waals surface area contributed by atoms with Gasteiger partial charge in [0.15, 0.2) is 0 Å². The van der Waals surface area contributed by atoms with Crippen LogP contribution in [-0.4, -0.2) is 25.8 Å². The van der Waals surface area contributed by atoms with E-state index in [4.69, 9.17) is 0 Å². The number of carbonyl (C=O) groups is 1. The van der Waals surface area contributed by atoms with E-state index in [0.29, 0.717) is 17.2 Å². The first-order valence-electron chi connectivity index (χ1n) is 10.2. The number of aromatic nitrogens is 4. The van der Waals surface area contributed by atoms with Crippen LogP contribution in [0, 0.1) is 6.92 Å². The Bertz CT molecular complexity index is 1140. The summed E-state index contributed by atoms with van der Waals surface area (Å²) in [5.41, 5.74) is 2.65. The molecule has 0 bridgehead atoms. The number of hydrogen-bond donors (Lipinski definition) is 3. The molecule has 0 atom stereocenters. The van der Waals surface area contributed by atoms with Crippen LogP contribution < -0.4 is 16.2 Å². The number of rotatable bonds is 3. The molecule has 8 nitrogen and oxygen atoms in total. The molecule has 3 rings (SSSR count). The van der Waals surface area contributed by atoms with Crippen molar-refractivity contribution in [2.45, 2.75) is 59.3 Å². The van der Waals surface area contributed by atoms with Gasteiger partial charge in [-0.05, 0) is 30.0 Å². The Hall–Kier alpha value is -3.42. The summed E-state index contributed by atoms with van der Waals surface area (Å²) in [6.45, 7) is 14.2. The quantitative estimate of drug-likeness (QED) is 0.578. The first-order valence-corrected chi connectivity index (χ1v) is 10.2. The van der Waals surface area contributed by atoms with Crippen molar-refractivity contribution in [2.75, 3.05) is 10.6 Å². The van der Waals surface area contributed by atoms with Crippen LogP contribution in [0.1, 0.15) is 58.5 Å². The van der Waals surface area contributed by atoms with Gasteiger partial charge in [-0.1, -0.05) is 53.7 Å². The zero-order chi connectivity index (χ0) is 23.0. The normalized spacial score (nSPS) is 12.0. The Balaban J connectivity index is 1.88. The SMILES string of the molecule is Cc1cc(=O)[nH]c(-n2nc(C(C)(C)C)cc2NC(=O)Nc2ccc(C(C)(C)C)cc2)n1. The van der Waals surface area contributed by atoms with Gasteiger partial charge in [0.05, 0.1) is 5.69 Å². The fraction of sp³-hybridized carbons (Fsp3) is 0.391. The third-order valence-electron chi connectivity index (χ3n) is 4.79. The van der Waals surface area contributed by atoms with E-state index in [-0.39, 0.29) is 22.3 Å². The summed E-state index contributed by atoms with van der Waals surface area (Å²) in [6, 6.07) is 10.5. The molecule has 3 aromatic rings. The highest BCUT2D eigenvalue weighted by Crippen LogP contribution is 2.26. The van der Waals surface area contributed by atoms with Crippen molar-refractivity contribution in [1.29, 1.82) is 0 Å². The van der Waals surface area contributed by atoms with E-state index in [0.717, 1.165) is 5.69 Å². The number of amides is 2. The summed E-state index contributed by atoms with van der Waals surface area (Å²) < 4.78 is 1.44. The fourth-order valence-corrected chi connectivity index (χ4v) is 2.99. The van der Waals surface area contributed by atoms with Gasteiger partial charge < -0.3 is 5.32 Å². The predicted octanol–water partition coefficient (Wildman–Crippen LogP) is 4.50. The topological polar surface area (TPSA) is 105 Å². The van der Waals surface area contributed by atoms with Gasteiger partial charge in [0, 0.05) is 28.9 Å². The molecule has 0 aliphatic heterocycles. The van der Waals surface area contributed by atoms with Crippen LogP contribution in [0.2, 0.25) is 0 Å². The molecular weight excluding hydrogens is 392 g/mol. The number of urea groups is 1. The summed E-state index contributed by atoms with van der Waals surface area (Å²) in [7, 11) is 0. The van der Waals surface area contributed by atoms with E-state index in [1.54, 1.807) is 13.0 Å². The molecule has 0 saturated carbocycles. The Kier molecular flexibility index (Phi) is 5.76. The standard InChI is InChI=1S/C23H30N6O2/c1-14-12-19(30)27-20(24-14)29-18(13-17(28-29)23(5,6)7)26-21(31)25-16-10-8-15(9-11-16)22(2,3)4/h8-13H,1-7H3,(H,24,27,30)(H2,25,26,31). The van der Waals surface area contributed by atoms with Crippen LogP contribution >= 0.6 is 0 Å². The summed E-state index contributed by atoms with van der Waals surface area (Å²) in [6.07, 6.45) is 0. The van der Waals surface area contributed by atoms with Gasteiger partial charge in [0.2, 0.25) is 5.95 Å². The molecule has 3 N–H and O–H groups in total. The van der Waals surface area contributed by atoms with E-state index in [9.17, 15) is 9.59 Å². The number of aryl methyl sites for hydroxylation is 1. The summed E-state index contributed by atoms with van der Waals surface area (Å²) in [5.74, 6) is 0.646. The number of nitrogens with zero attached hydrogens (tertiary/aromatic N) is 3. The van der Waals surface area contributed by atoms with E-state index >= 15 is 0 Å². The molecule has 0 aliphatic rings. The third-order valence-corrected chi connectivity index (χ3v) is 4.79. The second-order valence-corrected chi connectivity index (χ2v) is 9.69. The predicted molar refractivity (Wildman–Crippen MR) is 123 cm³/mol. The zero-order valence-electron chi connectivity index (χ0n) is 19.1. The molecule has 0 unspecified atom stereocenters. The minimum absolute atomic E-state index is 0.0361. The lowest BCUT2D eigenvalue weighted by Gasteiger charge is -2.19. The maximum atomic E-state index is 12.7. The first kappa shape index (κ1) is 22.3. The number of carbonyl (C=O) groups excluding carboxylic acids is 1. The Morgan fingerprint density at radius 2 is 1.61 bits per heavy atom. The summed E-state index contributed by atoms with van der Waals surface area (Å²) >= 11 is 0. The van der Waals surface area contributed by atoms with Gasteiger partial charge >= 0.3 is 6.03 Å². The van der Waals surface area contributed by atoms with Gasteiger partial charge in [-0.15, -0.1) is 0 Å². The Morgan fingerprint density at radius 1 is 0.968 bits per heavy atom. The fourth-order valence-electron chi connectivity index (χ4n) is 2.99. The number of nitrogens with one attached hydrogen (secondary N) is 3. The van der Waals surface area contributed by atoms with Crippen LogP contribution in [0.3, 0.4) is 0 Å². The van der Waals surface area contributed by atoms with Crippen molar-refractivity contribution in [1.82, 2.24) is 19.7 Å². The van der Waals surface area contributed by atoms with E-state index < -0.39 is 6.03 Å². The van der Waals surface area contributed by atoms with Crippen LogP contribution in [-0.2, 0) is 10.8 Å². The molecule has 0 fully saturated rings. The highest BCUT2D eigenvalue weighted by Gasteiger charge is 2.22. The highest BCUT2D eigenvalue weighted by molar-refractivity contribution is 5.99. The molecule has 0 aliphatic carbocycles. The molecule has 2 aromatic heterocycles. The molecule has 0 saturated heterocycles. The van der Waals surface area contributed by atoms with E-state index in [1.807, 2.05) is 45.0 Å². The molecule has 0 spiro atoms. The minimum atomic E-state index is -0.417. The lowest BCUT2D eigenvalue weighted by atomic mass is 9.87. The van der Waals surface area contributed by atoms with E-state index in [2.05, 4.69) is 46.5 Å².